The van der Waals surface area contributed by atoms with Gasteiger partial charge in [0.2, 0.25) is 0 Å². The van der Waals surface area contributed by atoms with Gasteiger partial charge in [0.25, 0.3) is 5.91 Å². The van der Waals surface area contributed by atoms with Crippen molar-refractivity contribution in [3.63, 3.8) is 0 Å². The van der Waals surface area contributed by atoms with Crippen LogP contribution < -0.4 is 10.2 Å². The van der Waals surface area contributed by atoms with Crippen LogP contribution in [0.25, 0.3) is 0 Å². The van der Waals surface area contributed by atoms with E-state index in [2.05, 4.69) is 44.0 Å². The highest BCUT2D eigenvalue weighted by Gasteiger charge is 2.46. The minimum atomic E-state index is -0.592. The van der Waals surface area contributed by atoms with Gasteiger partial charge in [-0.05, 0) is 72.9 Å². The second-order valence-electron chi connectivity index (χ2n) is 6.98. The average molecular weight is 461 g/mol. The molecule has 1 aromatic carbocycles. The van der Waals surface area contributed by atoms with Crippen molar-refractivity contribution in [1.82, 2.24) is 9.78 Å². The van der Waals surface area contributed by atoms with E-state index in [9.17, 15) is 10.1 Å². The van der Waals surface area contributed by atoms with Gasteiger partial charge >= 0.3 is 0 Å². The number of carbonyl (C=O) groups excluding carboxylic acids is 1. The lowest BCUT2D eigenvalue weighted by Crippen LogP contribution is -2.51. The summed E-state index contributed by atoms with van der Waals surface area (Å²) in [5.74, 6) is -0.0275. The quantitative estimate of drug-likeness (QED) is 0.708. The van der Waals surface area contributed by atoms with Crippen molar-refractivity contribution in [2.24, 2.45) is 0 Å². The second kappa shape index (κ2) is 6.91. The molecule has 1 saturated heterocycles. The van der Waals surface area contributed by atoms with E-state index < -0.39 is 5.54 Å². The van der Waals surface area contributed by atoms with Gasteiger partial charge in [-0.15, -0.1) is 0 Å². The van der Waals surface area contributed by atoms with E-state index in [-0.39, 0.29) is 5.91 Å². The Labute approximate surface area is 166 Å². The molecule has 0 radical (unpaired) electrons. The van der Waals surface area contributed by atoms with Gasteiger partial charge in [0.15, 0.2) is 0 Å². The molecule has 0 spiro atoms. The van der Waals surface area contributed by atoms with Gasteiger partial charge in [0, 0.05) is 25.0 Å². The van der Waals surface area contributed by atoms with Crippen molar-refractivity contribution in [2.45, 2.75) is 37.6 Å². The summed E-state index contributed by atoms with van der Waals surface area (Å²) in [6.07, 6.45) is 8.60. The highest BCUT2D eigenvalue weighted by atomic mass is 127. The van der Waals surface area contributed by atoms with E-state index in [1.807, 2.05) is 18.3 Å². The number of nitriles is 1. The maximum Gasteiger partial charge on any atom is 0.252 e. The summed E-state index contributed by atoms with van der Waals surface area (Å²) in [6, 6.07) is 7.81. The smallest absolute Gasteiger partial charge is 0.252 e. The van der Waals surface area contributed by atoms with Crippen molar-refractivity contribution in [3.05, 3.63) is 39.7 Å². The van der Waals surface area contributed by atoms with E-state index >= 15 is 0 Å². The molecule has 0 atom stereocenters. The predicted octanol–water partition coefficient (Wildman–Crippen LogP) is 3.48. The van der Waals surface area contributed by atoms with E-state index in [1.165, 1.54) is 0 Å². The van der Waals surface area contributed by atoms with Gasteiger partial charge in [0.1, 0.15) is 11.6 Å². The van der Waals surface area contributed by atoms with Crippen LogP contribution >= 0.6 is 22.6 Å². The molecule has 0 bridgehead atoms. The van der Waals surface area contributed by atoms with Crippen molar-refractivity contribution in [3.8, 4) is 6.07 Å². The topological polar surface area (TPSA) is 74.0 Å². The SMILES string of the molecule is N#Cc1ccc(NC(=O)C2(n3cc(I)cn3)CCC2)cc1N1CCCC1. The molecular weight excluding hydrogens is 441 g/mol. The van der Waals surface area contributed by atoms with Crippen LogP contribution in [-0.4, -0.2) is 28.8 Å². The largest absolute Gasteiger partial charge is 0.370 e. The molecule has 134 valence electrons. The summed E-state index contributed by atoms with van der Waals surface area (Å²) < 4.78 is 2.83. The predicted molar refractivity (Wildman–Crippen MR) is 108 cm³/mol. The van der Waals surface area contributed by atoms with Crippen molar-refractivity contribution in [1.29, 1.82) is 5.26 Å². The van der Waals surface area contributed by atoms with Crippen molar-refractivity contribution < 1.29 is 4.79 Å². The Morgan fingerprint density at radius 3 is 2.62 bits per heavy atom. The third-order valence-electron chi connectivity index (χ3n) is 5.42. The lowest BCUT2D eigenvalue weighted by molar-refractivity contribution is -0.129. The average Bonchev–Trinajstić information content (AvgIpc) is 3.26. The molecule has 1 N–H and O–H groups in total. The maximum absolute atomic E-state index is 13.1. The summed E-state index contributed by atoms with van der Waals surface area (Å²) in [4.78, 5) is 15.3. The lowest BCUT2D eigenvalue weighted by atomic mass is 9.76. The van der Waals surface area contributed by atoms with Crippen LogP contribution in [-0.2, 0) is 10.3 Å². The summed E-state index contributed by atoms with van der Waals surface area (Å²) in [6.45, 7) is 1.92. The van der Waals surface area contributed by atoms with Gasteiger partial charge in [-0.1, -0.05) is 0 Å². The standard InChI is InChI=1S/C19H20IN5O/c20-15-12-22-25(13-15)19(6-3-7-19)18(26)23-16-5-4-14(11-21)17(10-16)24-8-1-2-9-24/h4-5,10,12-13H,1-3,6-9H2,(H,23,26). The molecule has 2 fully saturated rings. The molecule has 4 rings (SSSR count). The Bertz CT molecular complexity index is 874. The van der Waals surface area contributed by atoms with Gasteiger partial charge < -0.3 is 10.2 Å². The first-order chi connectivity index (χ1) is 12.6. The number of benzene rings is 1. The molecule has 2 aliphatic rings. The fourth-order valence-electron chi connectivity index (χ4n) is 3.78. The number of carbonyl (C=O) groups is 1. The number of amides is 1. The summed E-state index contributed by atoms with van der Waals surface area (Å²) in [5, 5.41) is 16.8. The Morgan fingerprint density at radius 1 is 1.27 bits per heavy atom. The van der Waals surface area contributed by atoms with E-state index in [4.69, 9.17) is 0 Å². The summed E-state index contributed by atoms with van der Waals surface area (Å²) in [7, 11) is 0. The number of hydrogen-bond acceptors (Lipinski definition) is 4. The van der Waals surface area contributed by atoms with Gasteiger partial charge in [-0.2, -0.15) is 10.4 Å². The molecule has 26 heavy (non-hydrogen) atoms. The van der Waals surface area contributed by atoms with Crippen LogP contribution in [0.2, 0.25) is 0 Å². The van der Waals surface area contributed by atoms with Crippen LogP contribution in [0.15, 0.2) is 30.6 Å². The van der Waals surface area contributed by atoms with Crippen LogP contribution in [0.1, 0.15) is 37.7 Å². The molecule has 1 aromatic heterocycles. The highest BCUT2D eigenvalue weighted by molar-refractivity contribution is 14.1. The molecule has 6 nitrogen and oxygen atoms in total. The van der Waals surface area contributed by atoms with E-state index in [0.29, 0.717) is 5.56 Å². The Kier molecular flexibility index (Phi) is 4.61. The first-order valence-corrected chi connectivity index (χ1v) is 10.0. The first kappa shape index (κ1) is 17.3. The number of hydrogen-bond donors (Lipinski definition) is 1. The van der Waals surface area contributed by atoms with E-state index in [1.54, 1.807) is 16.9 Å². The summed E-state index contributed by atoms with van der Waals surface area (Å²) >= 11 is 2.21. The molecular formula is C19H20IN5O. The molecule has 2 heterocycles. The second-order valence-corrected chi connectivity index (χ2v) is 8.23. The molecule has 1 aliphatic carbocycles. The maximum atomic E-state index is 13.1. The Balaban J connectivity index is 1.59. The fraction of sp³-hybridized carbons (Fsp3) is 0.421. The van der Waals surface area contributed by atoms with Crippen LogP contribution in [0.5, 0.6) is 0 Å². The zero-order valence-corrected chi connectivity index (χ0v) is 16.6. The summed E-state index contributed by atoms with van der Waals surface area (Å²) in [5.41, 5.74) is 1.72. The minimum Gasteiger partial charge on any atom is -0.370 e. The Morgan fingerprint density at radius 2 is 2.04 bits per heavy atom. The van der Waals surface area contributed by atoms with E-state index in [0.717, 1.165) is 60.1 Å². The van der Waals surface area contributed by atoms with Gasteiger partial charge in [-0.3, -0.25) is 9.48 Å². The zero-order valence-electron chi connectivity index (χ0n) is 14.4. The zero-order chi connectivity index (χ0) is 18.1. The molecule has 1 saturated carbocycles. The van der Waals surface area contributed by atoms with Crippen LogP contribution in [0.4, 0.5) is 11.4 Å². The molecule has 0 unspecified atom stereocenters. The van der Waals surface area contributed by atoms with Gasteiger partial charge in [-0.25, -0.2) is 0 Å². The lowest BCUT2D eigenvalue weighted by Gasteiger charge is -2.40. The monoisotopic (exact) mass is 461 g/mol. The minimum absolute atomic E-state index is 0.0275. The third-order valence-corrected chi connectivity index (χ3v) is 5.97. The highest BCUT2D eigenvalue weighted by Crippen LogP contribution is 2.40. The number of rotatable bonds is 4. The van der Waals surface area contributed by atoms with Crippen molar-refractivity contribution in [2.75, 3.05) is 23.3 Å². The van der Waals surface area contributed by atoms with Crippen LogP contribution in [0.3, 0.4) is 0 Å². The number of nitrogens with zero attached hydrogens (tertiary/aromatic N) is 4. The molecule has 1 amide bonds. The number of anilines is 2. The normalized spacial score (nSPS) is 18.2. The number of nitrogens with one attached hydrogen (secondary N) is 1. The number of aromatic nitrogens is 2. The third kappa shape index (κ3) is 2.96. The molecule has 1 aliphatic heterocycles. The Hall–Kier alpha value is -2.08. The fourth-order valence-corrected chi connectivity index (χ4v) is 4.17. The molecule has 2 aromatic rings. The van der Waals surface area contributed by atoms with Crippen LogP contribution in [0, 0.1) is 14.9 Å². The first-order valence-electron chi connectivity index (χ1n) is 8.94. The number of halogens is 1. The van der Waals surface area contributed by atoms with Gasteiger partial charge in [0.05, 0.1) is 21.0 Å². The molecule has 7 heteroatoms. The van der Waals surface area contributed by atoms with Crippen molar-refractivity contribution >= 4 is 39.9 Å².